The number of oxime groups is 1. The van der Waals surface area contributed by atoms with E-state index in [2.05, 4.69) is 16.1 Å². The van der Waals surface area contributed by atoms with Gasteiger partial charge in [-0.2, -0.15) is 5.26 Å². The minimum absolute atomic E-state index is 0.0449. The van der Waals surface area contributed by atoms with Crippen molar-refractivity contribution in [2.24, 2.45) is 5.16 Å². The molecule has 0 atom stereocenters. The third kappa shape index (κ3) is 7.06. The van der Waals surface area contributed by atoms with Crippen LogP contribution in [0.2, 0.25) is 0 Å². The number of ketones is 1. The van der Waals surface area contributed by atoms with Crippen LogP contribution < -0.4 is 0 Å². The molecule has 0 aliphatic heterocycles. The number of carbonyl (C=O) groups excluding carboxylic acids is 3. The summed E-state index contributed by atoms with van der Waals surface area (Å²) < 4.78 is 4.91. The maximum atomic E-state index is 12.3. The Morgan fingerprint density at radius 2 is 1.90 bits per heavy atom. The minimum Gasteiger partial charge on any atom is -0.460 e. The summed E-state index contributed by atoms with van der Waals surface area (Å²) >= 11 is 1.32. The third-order valence-corrected chi connectivity index (χ3v) is 5.03. The van der Waals surface area contributed by atoms with E-state index in [4.69, 9.17) is 9.84 Å². The van der Waals surface area contributed by atoms with E-state index in [0.29, 0.717) is 21.6 Å². The van der Waals surface area contributed by atoms with Crippen molar-refractivity contribution in [3.05, 3.63) is 64.1 Å². The highest BCUT2D eigenvalue weighted by atomic mass is 32.2. The largest absolute Gasteiger partial charge is 0.460 e. The molecule has 0 saturated heterocycles. The average Bonchev–Trinajstić information content (AvgIpc) is 2.97. The van der Waals surface area contributed by atoms with Crippen molar-refractivity contribution in [2.75, 3.05) is 13.2 Å². The molecule has 9 heteroatoms. The van der Waals surface area contributed by atoms with E-state index in [1.54, 1.807) is 42.5 Å². The molecule has 31 heavy (non-hydrogen) atoms. The number of rotatable bonds is 8. The predicted octanol–water partition coefficient (Wildman–Crippen LogP) is 3.10. The van der Waals surface area contributed by atoms with Crippen LogP contribution in [0.4, 0.5) is 0 Å². The number of ether oxygens (including phenoxy) is 1. The summed E-state index contributed by atoms with van der Waals surface area (Å²) in [6.45, 7) is 2.28. The summed E-state index contributed by atoms with van der Waals surface area (Å²) in [4.78, 5) is 41.0. The third-order valence-electron chi connectivity index (χ3n) is 3.92. The highest BCUT2D eigenvalue weighted by Gasteiger charge is 2.15. The van der Waals surface area contributed by atoms with Gasteiger partial charge in [-0.1, -0.05) is 23.0 Å². The van der Waals surface area contributed by atoms with Crippen LogP contribution in [0.5, 0.6) is 0 Å². The summed E-state index contributed by atoms with van der Waals surface area (Å²) in [5.74, 6) is -1.56. The van der Waals surface area contributed by atoms with Gasteiger partial charge in [0.25, 0.3) is 0 Å². The Bertz CT molecular complexity index is 1030. The summed E-state index contributed by atoms with van der Waals surface area (Å²) in [7, 11) is 0. The number of Topliss-reactive ketones (excluding diaryl/α,β-unsaturated/α-hetero) is 1. The topological polar surface area (TPSA) is 126 Å². The average molecular weight is 440 g/mol. The molecule has 0 heterocycles. The zero-order chi connectivity index (χ0) is 22.8. The highest BCUT2D eigenvalue weighted by molar-refractivity contribution is 8.03. The molecule has 1 aliphatic rings. The summed E-state index contributed by atoms with van der Waals surface area (Å²) in [6, 6.07) is 8.81. The molecule has 2 rings (SSSR count). The monoisotopic (exact) mass is 440 g/mol. The van der Waals surface area contributed by atoms with Crippen molar-refractivity contribution >= 4 is 35.2 Å². The first-order chi connectivity index (χ1) is 14.8. The number of nitriles is 1. The maximum absolute atomic E-state index is 12.3. The van der Waals surface area contributed by atoms with Gasteiger partial charge in [0.05, 0.1) is 18.2 Å². The first kappa shape index (κ1) is 23.8. The standard InChI is InChI=1S/C22H20N2O6S/c1-14(24-30-15(2)26)21(27)16-5-8-19(9-6-16)31-20-10-7-17(3-4-18(20)13-23)22(28)29-12-11-25/h3,5-10,25H,4,11-12H2,1-2H3/b24-14+. The summed E-state index contributed by atoms with van der Waals surface area (Å²) in [6.07, 6.45) is 5.10. The molecule has 0 unspecified atom stereocenters. The second-order valence-electron chi connectivity index (χ2n) is 6.23. The number of benzene rings is 1. The molecular formula is C22H20N2O6S. The SMILES string of the molecule is CC(=O)O/N=C(\C)C(=O)c1ccc(SC2=C(C#N)CC=C(C(=O)OCCO)C=C2)cc1. The fraction of sp³-hybridized carbons (Fsp3) is 0.227. The van der Waals surface area contributed by atoms with Crippen molar-refractivity contribution in [2.45, 2.75) is 25.2 Å². The molecule has 1 aliphatic carbocycles. The normalized spacial score (nSPS) is 13.7. The molecular weight excluding hydrogens is 420 g/mol. The number of aliphatic hydroxyl groups excluding tert-OH is 1. The number of hydrogen-bond acceptors (Lipinski definition) is 9. The molecule has 0 saturated carbocycles. The summed E-state index contributed by atoms with van der Waals surface area (Å²) in [5, 5.41) is 21.7. The Morgan fingerprint density at radius 1 is 1.19 bits per heavy atom. The minimum atomic E-state index is -0.615. The zero-order valence-electron chi connectivity index (χ0n) is 17.0. The van der Waals surface area contributed by atoms with E-state index in [-0.39, 0.29) is 31.1 Å². The molecule has 0 amide bonds. The Kier molecular flexibility index (Phi) is 8.94. The maximum Gasteiger partial charge on any atom is 0.337 e. The fourth-order valence-corrected chi connectivity index (χ4v) is 3.31. The number of carbonyl (C=O) groups is 3. The number of hydrogen-bond donors (Lipinski definition) is 1. The number of aliphatic hydroxyl groups is 1. The van der Waals surface area contributed by atoms with Gasteiger partial charge in [0.15, 0.2) is 0 Å². The Balaban J connectivity index is 2.13. The second kappa shape index (κ2) is 11.6. The molecule has 0 fully saturated rings. The van der Waals surface area contributed by atoms with Crippen LogP contribution in [0.3, 0.4) is 0 Å². The number of esters is 1. The molecule has 160 valence electrons. The number of nitrogens with zero attached hydrogens (tertiary/aromatic N) is 2. The van der Waals surface area contributed by atoms with Gasteiger partial charge < -0.3 is 14.7 Å². The van der Waals surface area contributed by atoms with Crippen molar-refractivity contribution < 1.29 is 29.1 Å². The Morgan fingerprint density at radius 3 is 2.52 bits per heavy atom. The van der Waals surface area contributed by atoms with Gasteiger partial charge in [0.2, 0.25) is 5.78 Å². The second-order valence-corrected chi connectivity index (χ2v) is 7.34. The first-order valence-corrected chi connectivity index (χ1v) is 10.0. The van der Waals surface area contributed by atoms with Crippen molar-refractivity contribution in [1.82, 2.24) is 0 Å². The van der Waals surface area contributed by atoms with Crippen molar-refractivity contribution in [3.63, 3.8) is 0 Å². The van der Waals surface area contributed by atoms with Gasteiger partial charge in [0.1, 0.15) is 12.3 Å². The molecule has 0 bridgehead atoms. The van der Waals surface area contributed by atoms with E-state index in [0.717, 1.165) is 4.90 Å². The molecule has 1 aromatic rings. The lowest BCUT2D eigenvalue weighted by molar-refractivity contribution is -0.141. The van der Waals surface area contributed by atoms with Crippen LogP contribution in [-0.4, -0.2) is 41.8 Å². The number of allylic oxidation sites excluding steroid dienone is 3. The van der Waals surface area contributed by atoms with Crippen LogP contribution in [0.1, 0.15) is 30.6 Å². The van der Waals surface area contributed by atoms with E-state index < -0.39 is 11.9 Å². The predicted molar refractivity (Wildman–Crippen MR) is 114 cm³/mol. The fourth-order valence-electron chi connectivity index (χ4n) is 2.40. The van der Waals surface area contributed by atoms with Crippen LogP contribution in [0.15, 0.2) is 68.6 Å². The van der Waals surface area contributed by atoms with Gasteiger partial charge in [-0.15, -0.1) is 0 Å². The van der Waals surface area contributed by atoms with E-state index in [1.165, 1.54) is 25.6 Å². The van der Waals surface area contributed by atoms with Gasteiger partial charge in [0, 0.05) is 34.3 Å². The quantitative estimate of drug-likeness (QED) is 0.215. The lowest BCUT2D eigenvalue weighted by Crippen LogP contribution is -2.11. The van der Waals surface area contributed by atoms with E-state index >= 15 is 0 Å². The van der Waals surface area contributed by atoms with Gasteiger partial charge >= 0.3 is 11.9 Å². The van der Waals surface area contributed by atoms with E-state index in [1.807, 2.05) is 0 Å². The Hall–Kier alpha value is -3.48. The number of thioether (sulfide) groups is 1. The van der Waals surface area contributed by atoms with Crippen LogP contribution in [0.25, 0.3) is 0 Å². The van der Waals surface area contributed by atoms with Crippen molar-refractivity contribution in [3.8, 4) is 6.07 Å². The zero-order valence-corrected chi connectivity index (χ0v) is 17.8. The highest BCUT2D eigenvalue weighted by Crippen LogP contribution is 2.33. The smallest absolute Gasteiger partial charge is 0.337 e. The van der Waals surface area contributed by atoms with Gasteiger partial charge in [-0.25, -0.2) is 9.59 Å². The summed E-state index contributed by atoms with van der Waals surface area (Å²) in [5.41, 5.74) is 1.21. The Labute approximate surface area is 183 Å². The van der Waals surface area contributed by atoms with Crippen LogP contribution >= 0.6 is 11.8 Å². The molecule has 1 N–H and O–H groups in total. The molecule has 0 aromatic heterocycles. The molecule has 1 aromatic carbocycles. The van der Waals surface area contributed by atoms with Crippen LogP contribution in [-0.2, 0) is 19.2 Å². The van der Waals surface area contributed by atoms with Gasteiger partial charge in [-0.05, 0) is 43.3 Å². The van der Waals surface area contributed by atoms with E-state index in [9.17, 15) is 19.6 Å². The lowest BCUT2D eigenvalue weighted by Gasteiger charge is -2.06. The molecule has 0 radical (unpaired) electrons. The molecule has 0 spiro atoms. The lowest BCUT2D eigenvalue weighted by atomic mass is 10.1. The van der Waals surface area contributed by atoms with Crippen LogP contribution in [0, 0.1) is 11.3 Å². The molecule has 8 nitrogen and oxygen atoms in total. The van der Waals surface area contributed by atoms with Gasteiger partial charge in [-0.3, -0.25) is 4.79 Å². The van der Waals surface area contributed by atoms with Crippen molar-refractivity contribution in [1.29, 1.82) is 5.26 Å². The first-order valence-electron chi connectivity index (χ1n) is 9.20.